The Bertz CT molecular complexity index is 344. The molecule has 96 valence electrons. The molecule has 0 aliphatic carbocycles. The molecule has 3 nitrogen and oxygen atoms in total. The Kier molecular flexibility index (Phi) is 6.11. The van der Waals surface area contributed by atoms with Gasteiger partial charge in [-0.15, -0.1) is 0 Å². The second kappa shape index (κ2) is 7.37. The number of aryl methyl sites for hydroxylation is 1. The minimum atomic E-state index is -0.477. The smallest absolute Gasteiger partial charge is 0.123 e. The summed E-state index contributed by atoms with van der Waals surface area (Å²) >= 11 is 0. The highest BCUT2D eigenvalue weighted by Gasteiger charge is 2.03. The molecule has 1 unspecified atom stereocenters. The Hall–Kier alpha value is -0.970. The molecule has 1 aromatic rings. The summed E-state index contributed by atoms with van der Waals surface area (Å²) in [5.41, 5.74) is 2.09. The van der Waals surface area contributed by atoms with Crippen molar-refractivity contribution in [1.29, 1.82) is 0 Å². The second-order valence-electron chi connectivity index (χ2n) is 4.13. The van der Waals surface area contributed by atoms with Crippen LogP contribution in [0.5, 0.6) is 0 Å². The molecule has 1 atom stereocenters. The van der Waals surface area contributed by atoms with Crippen LogP contribution in [0.1, 0.15) is 11.1 Å². The lowest BCUT2D eigenvalue weighted by Gasteiger charge is -2.11. The average Bonchev–Trinajstić information content (AvgIpc) is 2.27. The zero-order valence-electron chi connectivity index (χ0n) is 10.4. The molecule has 1 aromatic carbocycles. The molecule has 0 aromatic heterocycles. The molecule has 4 heteroatoms. The largest absolute Gasteiger partial charge is 0.389 e. The van der Waals surface area contributed by atoms with Crippen LogP contribution in [0.2, 0.25) is 0 Å². The van der Waals surface area contributed by atoms with Gasteiger partial charge in [-0.3, -0.25) is 0 Å². The van der Waals surface area contributed by atoms with Crippen molar-refractivity contribution in [2.45, 2.75) is 19.4 Å². The number of aliphatic hydroxyl groups is 1. The predicted molar refractivity (Wildman–Crippen MR) is 65.6 cm³/mol. The number of ether oxygens (including phenoxy) is 1. The molecular weight excluding hydrogens is 221 g/mol. The van der Waals surface area contributed by atoms with E-state index in [0.29, 0.717) is 13.2 Å². The zero-order chi connectivity index (χ0) is 12.7. The summed E-state index contributed by atoms with van der Waals surface area (Å²) in [6.07, 6.45) is 0.348. The van der Waals surface area contributed by atoms with Crippen LogP contribution in [-0.4, -0.2) is 38.0 Å². The summed E-state index contributed by atoms with van der Waals surface area (Å²) in [5, 5.41) is 12.5. The summed E-state index contributed by atoms with van der Waals surface area (Å²) in [6, 6.07) is 4.81. The molecule has 0 spiro atoms. The number of rotatable bonds is 7. The molecule has 0 saturated carbocycles. The van der Waals surface area contributed by atoms with Crippen LogP contribution in [0, 0.1) is 12.7 Å². The zero-order valence-corrected chi connectivity index (χ0v) is 10.4. The monoisotopic (exact) mass is 241 g/mol. The number of halogens is 1. The number of methoxy groups -OCH3 is 1. The summed E-state index contributed by atoms with van der Waals surface area (Å²) in [7, 11) is 1.56. The van der Waals surface area contributed by atoms with Gasteiger partial charge in [-0.2, -0.15) is 0 Å². The standard InChI is InChI=1S/C13H20FNO2/c1-10-7-12(14)4-3-11(10)5-6-15-8-13(16)9-17-2/h3-4,7,13,15-16H,5-6,8-9H2,1-2H3. The van der Waals surface area contributed by atoms with E-state index in [1.165, 1.54) is 12.1 Å². The van der Waals surface area contributed by atoms with E-state index in [1.54, 1.807) is 13.2 Å². The first-order valence-electron chi connectivity index (χ1n) is 5.76. The fraction of sp³-hybridized carbons (Fsp3) is 0.538. The Morgan fingerprint density at radius 2 is 2.24 bits per heavy atom. The number of benzene rings is 1. The molecule has 1 rings (SSSR count). The Balaban J connectivity index is 2.26. The molecule has 0 fully saturated rings. The maximum absolute atomic E-state index is 12.9. The van der Waals surface area contributed by atoms with Crippen molar-refractivity contribution >= 4 is 0 Å². The van der Waals surface area contributed by atoms with E-state index in [0.717, 1.165) is 24.1 Å². The van der Waals surface area contributed by atoms with E-state index < -0.39 is 6.10 Å². The van der Waals surface area contributed by atoms with E-state index in [1.807, 2.05) is 6.92 Å². The molecule has 0 aliphatic heterocycles. The SMILES string of the molecule is COCC(O)CNCCc1ccc(F)cc1C. The van der Waals surface area contributed by atoms with Gasteiger partial charge < -0.3 is 15.2 Å². The third-order valence-electron chi connectivity index (χ3n) is 2.61. The van der Waals surface area contributed by atoms with E-state index in [2.05, 4.69) is 5.32 Å². The summed E-state index contributed by atoms with van der Waals surface area (Å²) in [5.74, 6) is -0.199. The molecule has 0 aliphatic rings. The van der Waals surface area contributed by atoms with Gasteiger partial charge in [-0.25, -0.2) is 4.39 Å². The third-order valence-corrected chi connectivity index (χ3v) is 2.61. The molecule has 0 amide bonds. The van der Waals surface area contributed by atoms with Crippen LogP contribution >= 0.6 is 0 Å². The van der Waals surface area contributed by atoms with Crippen molar-refractivity contribution in [2.24, 2.45) is 0 Å². The normalized spacial score (nSPS) is 12.7. The summed E-state index contributed by atoms with van der Waals surface area (Å²) in [6.45, 7) is 3.50. The number of hydrogen-bond acceptors (Lipinski definition) is 3. The molecule has 0 bridgehead atoms. The minimum absolute atomic E-state index is 0.199. The predicted octanol–water partition coefficient (Wildman–Crippen LogP) is 1.27. The van der Waals surface area contributed by atoms with Gasteiger partial charge >= 0.3 is 0 Å². The second-order valence-corrected chi connectivity index (χ2v) is 4.13. The lowest BCUT2D eigenvalue weighted by Crippen LogP contribution is -2.31. The quantitative estimate of drug-likeness (QED) is 0.706. The van der Waals surface area contributed by atoms with Crippen LogP contribution in [0.3, 0.4) is 0 Å². The van der Waals surface area contributed by atoms with E-state index in [-0.39, 0.29) is 5.82 Å². The van der Waals surface area contributed by atoms with Crippen LogP contribution in [0.4, 0.5) is 4.39 Å². The van der Waals surface area contributed by atoms with E-state index in [4.69, 9.17) is 4.74 Å². The summed E-state index contributed by atoms with van der Waals surface area (Å²) < 4.78 is 17.7. The molecule has 0 saturated heterocycles. The van der Waals surface area contributed by atoms with Crippen LogP contribution in [0.25, 0.3) is 0 Å². The Morgan fingerprint density at radius 1 is 1.47 bits per heavy atom. The first-order chi connectivity index (χ1) is 8.13. The van der Waals surface area contributed by atoms with Gasteiger partial charge in [0.2, 0.25) is 0 Å². The fourth-order valence-electron chi connectivity index (χ4n) is 1.68. The number of hydrogen-bond donors (Lipinski definition) is 2. The fourth-order valence-corrected chi connectivity index (χ4v) is 1.68. The maximum atomic E-state index is 12.9. The van der Waals surface area contributed by atoms with Gasteiger partial charge in [0.25, 0.3) is 0 Å². The van der Waals surface area contributed by atoms with Gasteiger partial charge in [-0.05, 0) is 43.1 Å². The molecule has 2 N–H and O–H groups in total. The maximum Gasteiger partial charge on any atom is 0.123 e. The van der Waals surface area contributed by atoms with Gasteiger partial charge in [0.1, 0.15) is 5.82 Å². The average molecular weight is 241 g/mol. The van der Waals surface area contributed by atoms with E-state index in [9.17, 15) is 9.50 Å². The minimum Gasteiger partial charge on any atom is -0.389 e. The van der Waals surface area contributed by atoms with Crippen molar-refractivity contribution in [3.05, 3.63) is 35.1 Å². The Morgan fingerprint density at radius 3 is 2.88 bits per heavy atom. The molecule has 0 radical (unpaired) electrons. The van der Waals surface area contributed by atoms with Crippen LogP contribution in [-0.2, 0) is 11.2 Å². The lowest BCUT2D eigenvalue weighted by atomic mass is 10.1. The number of aliphatic hydroxyl groups excluding tert-OH is 1. The molecule has 0 heterocycles. The topological polar surface area (TPSA) is 41.5 Å². The Labute approximate surface area is 102 Å². The highest BCUT2D eigenvalue weighted by Crippen LogP contribution is 2.10. The van der Waals surface area contributed by atoms with Crippen molar-refractivity contribution < 1.29 is 14.2 Å². The highest BCUT2D eigenvalue weighted by molar-refractivity contribution is 5.26. The summed E-state index contributed by atoms with van der Waals surface area (Å²) in [4.78, 5) is 0. The number of nitrogens with one attached hydrogen (secondary N) is 1. The first kappa shape index (κ1) is 14.1. The third kappa shape index (κ3) is 5.26. The van der Waals surface area contributed by atoms with Crippen molar-refractivity contribution in [3.63, 3.8) is 0 Å². The van der Waals surface area contributed by atoms with Crippen molar-refractivity contribution in [1.82, 2.24) is 5.32 Å². The van der Waals surface area contributed by atoms with Gasteiger partial charge in [0, 0.05) is 13.7 Å². The highest BCUT2D eigenvalue weighted by atomic mass is 19.1. The van der Waals surface area contributed by atoms with Crippen LogP contribution < -0.4 is 5.32 Å². The molecular formula is C13H20FNO2. The first-order valence-corrected chi connectivity index (χ1v) is 5.76. The van der Waals surface area contributed by atoms with Gasteiger partial charge in [0.05, 0.1) is 12.7 Å². The molecule has 17 heavy (non-hydrogen) atoms. The van der Waals surface area contributed by atoms with Gasteiger partial charge in [0.15, 0.2) is 0 Å². The van der Waals surface area contributed by atoms with Crippen molar-refractivity contribution in [3.8, 4) is 0 Å². The lowest BCUT2D eigenvalue weighted by molar-refractivity contribution is 0.0648. The van der Waals surface area contributed by atoms with Gasteiger partial charge in [-0.1, -0.05) is 6.07 Å². The van der Waals surface area contributed by atoms with E-state index >= 15 is 0 Å². The van der Waals surface area contributed by atoms with Crippen molar-refractivity contribution in [2.75, 3.05) is 26.8 Å². The van der Waals surface area contributed by atoms with Crippen LogP contribution in [0.15, 0.2) is 18.2 Å².